The zero-order valence-corrected chi connectivity index (χ0v) is 12.0. The second-order valence-electron chi connectivity index (χ2n) is 5.51. The van der Waals surface area contributed by atoms with E-state index in [-0.39, 0.29) is 18.2 Å². The van der Waals surface area contributed by atoms with Gasteiger partial charge in [0.05, 0.1) is 0 Å². The normalized spacial score (nSPS) is 19.3. The second kappa shape index (κ2) is 6.50. The molecule has 22 heavy (non-hydrogen) atoms. The average molecular weight is 306 g/mol. The van der Waals surface area contributed by atoms with Gasteiger partial charge in [0, 0.05) is 43.9 Å². The summed E-state index contributed by atoms with van der Waals surface area (Å²) < 4.78 is 40.3. The first-order valence-electron chi connectivity index (χ1n) is 7.27. The smallest absolute Gasteiger partial charge is 0.163 e. The van der Waals surface area contributed by atoms with Crippen LogP contribution in [-0.2, 0) is 6.54 Å². The van der Waals surface area contributed by atoms with Crippen LogP contribution in [0.1, 0.15) is 17.2 Å². The molecule has 0 spiro atoms. The van der Waals surface area contributed by atoms with E-state index in [0.717, 1.165) is 18.2 Å². The van der Waals surface area contributed by atoms with Gasteiger partial charge in [-0.25, -0.2) is 13.2 Å². The number of rotatable bonds is 3. The molecule has 0 radical (unpaired) electrons. The molecule has 2 aromatic rings. The molecule has 1 aliphatic rings. The number of hydrogen-bond donors (Lipinski definition) is 1. The quantitative estimate of drug-likeness (QED) is 0.876. The van der Waals surface area contributed by atoms with Crippen LogP contribution >= 0.6 is 0 Å². The molecule has 1 fully saturated rings. The van der Waals surface area contributed by atoms with Gasteiger partial charge in [-0.3, -0.25) is 4.90 Å². The number of hydrogen-bond acceptors (Lipinski definition) is 2. The van der Waals surface area contributed by atoms with Gasteiger partial charge in [0.15, 0.2) is 11.6 Å². The Balaban J connectivity index is 1.73. The summed E-state index contributed by atoms with van der Waals surface area (Å²) in [4.78, 5) is 2.01. The third kappa shape index (κ3) is 3.31. The van der Waals surface area contributed by atoms with Crippen LogP contribution in [0.15, 0.2) is 42.5 Å². The van der Waals surface area contributed by atoms with Crippen LogP contribution in [0.2, 0.25) is 0 Å². The van der Waals surface area contributed by atoms with Crippen LogP contribution in [-0.4, -0.2) is 24.5 Å². The zero-order chi connectivity index (χ0) is 15.5. The molecule has 1 atom stereocenters. The first-order valence-corrected chi connectivity index (χ1v) is 7.27. The fourth-order valence-corrected chi connectivity index (χ4v) is 2.83. The molecular weight excluding hydrogens is 289 g/mol. The van der Waals surface area contributed by atoms with Gasteiger partial charge >= 0.3 is 0 Å². The molecule has 2 aromatic carbocycles. The molecule has 0 bridgehead atoms. The summed E-state index contributed by atoms with van der Waals surface area (Å²) in [5.74, 6) is -2.84. The fraction of sp³-hybridized carbons (Fsp3) is 0.294. The Kier molecular flexibility index (Phi) is 4.45. The molecule has 116 valence electrons. The van der Waals surface area contributed by atoms with Crippen LogP contribution in [0.4, 0.5) is 13.2 Å². The van der Waals surface area contributed by atoms with E-state index in [0.29, 0.717) is 19.2 Å². The Morgan fingerprint density at radius 2 is 1.86 bits per heavy atom. The Bertz CT molecular complexity index is 646. The predicted octanol–water partition coefficient (Wildman–Crippen LogP) is 3.25. The van der Waals surface area contributed by atoms with Crippen LogP contribution in [0.25, 0.3) is 0 Å². The minimum atomic E-state index is -1.13. The van der Waals surface area contributed by atoms with Gasteiger partial charge in [-0.1, -0.05) is 30.3 Å². The highest BCUT2D eigenvalue weighted by Crippen LogP contribution is 2.21. The third-order valence-electron chi connectivity index (χ3n) is 3.92. The van der Waals surface area contributed by atoms with Gasteiger partial charge in [-0.15, -0.1) is 0 Å². The Morgan fingerprint density at radius 1 is 1.09 bits per heavy atom. The molecule has 1 aliphatic heterocycles. The summed E-state index contributed by atoms with van der Waals surface area (Å²) >= 11 is 0. The van der Waals surface area contributed by atoms with E-state index in [1.54, 1.807) is 0 Å². The largest absolute Gasteiger partial charge is 0.308 e. The van der Waals surface area contributed by atoms with E-state index < -0.39 is 17.5 Å². The van der Waals surface area contributed by atoms with Crippen molar-refractivity contribution in [1.82, 2.24) is 10.2 Å². The summed E-state index contributed by atoms with van der Waals surface area (Å²) in [5.41, 5.74) is 1.21. The molecule has 0 amide bonds. The van der Waals surface area contributed by atoms with Crippen molar-refractivity contribution in [2.75, 3.05) is 19.6 Å². The van der Waals surface area contributed by atoms with Gasteiger partial charge in [0.25, 0.3) is 0 Å². The van der Waals surface area contributed by atoms with E-state index >= 15 is 0 Å². The van der Waals surface area contributed by atoms with Crippen molar-refractivity contribution in [2.45, 2.75) is 12.6 Å². The fourth-order valence-electron chi connectivity index (χ4n) is 2.83. The van der Waals surface area contributed by atoms with Crippen molar-refractivity contribution in [3.05, 3.63) is 71.0 Å². The Labute approximate surface area is 127 Å². The van der Waals surface area contributed by atoms with Gasteiger partial charge in [0.1, 0.15) is 5.82 Å². The first-order chi connectivity index (χ1) is 10.6. The minimum absolute atomic E-state index is 0.0613. The lowest BCUT2D eigenvalue weighted by Gasteiger charge is -2.34. The maximum absolute atomic E-state index is 13.8. The number of halogens is 3. The number of benzene rings is 2. The van der Waals surface area contributed by atoms with Crippen LogP contribution in [0.5, 0.6) is 0 Å². The van der Waals surface area contributed by atoms with Gasteiger partial charge < -0.3 is 5.32 Å². The summed E-state index contributed by atoms with van der Waals surface area (Å²) in [6.07, 6.45) is 0. The van der Waals surface area contributed by atoms with Gasteiger partial charge in [-0.2, -0.15) is 0 Å². The monoisotopic (exact) mass is 306 g/mol. The zero-order valence-electron chi connectivity index (χ0n) is 12.0. The predicted molar refractivity (Wildman–Crippen MR) is 78.8 cm³/mol. The Morgan fingerprint density at radius 3 is 2.64 bits per heavy atom. The van der Waals surface area contributed by atoms with Crippen molar-refractivity contribution in [3.63, 3.8) is 0 Å². The molecule has 0 saturated carbocycles. The number of nitrogens with one attached hydrogen (secondary N) is 1. The van der Waals surface area contributed by atoms with Crippen LogP contribution < -0.4 is 5.32 Å². The first kappa shape index (κ1) is 15.1. The maximum atomic E-state index is 13.8. The molecule has 0 aromatic heterocycles. The van der Waals surface area contributed by atoms with E-state index in [1.165, 1.54) is 0 Å². The highest BCUT2D eigenvalue weighted by atomic mass is 19.2. The van der Waals surface area contributed by atoms with Crippen molar-refractivity contribution in [1.29, 1.82) is 0 Å². The van der Waals surface area contributed by atoms with Gasteiger partial charge in [-0.05, 0) is 11.6 Å². The van der Waals surface area contributed by atoms with E-state index in [1.807, 2.05) is 35.2 Å². The third-order valence-corrected chi connectivity index (χ3v) is 3.92. The molecule has 3 rings (SSSR count). The van der Waals surface area contributed by atoms with Crippen molar-refractivity contribution in [3.8, 4) is 0 Å². The van der Waals surface area contributed by atoms with Crippen molar-refractivity contribution in [2.24, 2.45) is 0 Å². The SMILES string of the molecule is Fc1cc(F)c(F)c(CN2CCNC(c3ccccc3)C2)c1. The van der Waals surface area contributed by atoms with Crippen LogP contribution in [0, 0.1) is 17.5 Å². The molecule has 1 unspecified atom stereocenters. The number of nitrogens with zero attached hydrogens (tertiary/aromatic N) is 1. The topological polar surface area (TPSA) is 15.3 Å². The lowest BCUT2D eigenvalue weighted by molar-refractivity contribution is 0.190. The highest BCUT2D eigenvalue weighted by Gasteiger charge is 2.22. The number of piperazine rings is 1. The van der Waals surface area contributed by atoms with Crippen molar-refractivity contribution >= 4 is 0 Å². The van der Waals surface area contributed by atoms with E-state index in [9.17, 15) is 13.2 Å². The van der Waals surface area contributed by atoms with Gasteiger partial charge in [0.2, 0.25) is 0 Å². The summed E-state index contributed by atoms with van der Waals surface area (Å²) in [6.45, 7) is 2.33. The maximum Gasteiger partial charge on any atom is 0.163 e. The molecule has 1 saturated heterocycles. The molecular formula is C17H17F3N2. The average Bonchev–Trinajstić information content (AvgIpc) is 2.53. The van der Waals surface area contributed by atoms with Crippen LogP contribution in [0.3, 0.4) is 0 Å². The standard InChI is InChI=1S/C17H17F3N2/c18-14-8-13(17(20)15(19)9-14)10-22-7-6-21-16(11-22)12-4-2-1-3-5-12/h1-5,8-9,16,21H,6-7,10-11H2. The second-order valence-corrected chi connectivity index (χ2v) is 5.51. The Hall–Kier alpha value is -1.85. The molecule has 0 aliphatic carbocycles. The minimum Gasteiger partial charge on any atom is -0.308 e. The van der Waals surface area contributed by atoms with Crippen molar-refractivity contribution < 1.29 is 13.2 Å². The van der Waals surface area contributed by atoms with E-state index in [4.69, 9.17) is 0 Å². The lowest BCUT2D eigenvalue weighted by Crippen LogP contribution is -2.45. The lowest BCUT2D eigenvalue weighted by atomic mass is 10.0. The molecule has 2 nitrogen and oxygen atoms in total. The summed E-state index contributed by atoms with van der Waals surface area (Å²) in [5, 5.41) is 3.40. The summed E-state index contributed by atoms with van der Waals surface area (Å²) in [7, 11) is 0. The highest BCUT2D eigenvalue weighted by molar-refractivity contribution is 5.22. The molecule has 1 heterocycles. The summed E-state index contributed by atoms with van der Waals surface area (Å²) in [6, 6.07) is 11.7. The molecule has 5 heteroatoms. The van der Waals surface area contributed by atoms with E-state index in [2.05, 4.69) is 5.32 Å². The molecule has 1 N–H and O–H groups in total.